The van der Waals surface area contributed by atoms with Gasteiger partial charge in [0.15, 0.2) is 0 Å². The lowest BCUT2D eigenvalue weighted by Gasteiger charge is -2.10. The largest absolute Gasteiger partial charge is 0.573 e. The van der Waals surface area contributed by atoms with E-state index in [9.17, 15) is 17.6 Å². The van der Waals surface area contributed by atoms with Crippen LogP contribution in [0.5, 0.6) is 5.75 Å². The van der Waals surface area contributed by atoms with Gasteiger partial charge in [0.2, 0.25) is 0 Å². The maximum Gasteiger partial charge on any atom is 0.573 e. The molecule has 0 aliphatic rings. The first-order valence-electron chi connectivity index (χ1n) is 5.45. The van der Waals surface area contributed by atoms with Crippen molar-refractivity contribution in [3.63, 3.8) is 0 Å². The maximum absolute atomic E-state index is 13.8. The molecule has 0 atom stereocenters. The zero-order valence-corrected chi connectivity index (χ0v) is 9.91. The summed E-state index contributed by atoms with van der Waals surface area (Å²) in [5.74, 6) is -1.12. The first-order valence-corrected chi connectivity index (χ1v) is 5.45. The molecule has 0 saturated carbocycles. The Kier molecular flexibility index (Phi) is 3.61. The van der Waals surface area contributed by atoms with Crippen LogP contribution in [-0.4, -0.2) is 6.36 Å². The second kappa shape index (κ2) is 5.21. The molecule has 6 heteroatoms. The summed E-state index contributed by atoms with van der Waals surface area (Å²) in [6, 6.07) is 10.5. The highest BCUT2D eigenvalue weighted by molar-refractivity contribution is 5.66. The molecule has 0 amide bonds. The molecule has 0 heterocycles. The number of alkyl halides is 3. The van der Waals surface area contributed by atoms with Crippen molar-refractivity contribution >= 4 is 0 Å². The minimum atomic E-state index is -4.80. The fourth-order valence-electron chi connectivity index (χ4n) is 1.68. The van der Waals surface area contributed by atoms with Gasteiger partial charge in [0, 0.05) is 5.56 Å². The molecule has 2 aromatic rings. The third-order valence-corrected chi connectivity index (χ3v) is 2.48. The van der Waals surface area contributed by atoms with Crippen molar-refractivity contribution in [1.29, 1.82) is 5.26 Å². The lowest BCUT2D eigenvalue weighted by Crippen LogP contribution is -2.17. The van der Waals surface area contributed by atoms with Crippen molar-refractivity contribution in [1.82, 2.24) is 0 Å². The molecule has 0 aliphatic heterocycles. The Morgan fingerprint density at radius 2 is 1.80 bits per heavy atom. The van der Waals surface area contributed by atoms with Crippen LogP contribution in [0.3, 0.4) is 0 Å². The van der Waals surface area contributed by atoms with E-state index >= 15 is 0 Å². The second-order valence-corrected chi connectivity index (χ2v) is 3.88. The smallest absolute Gasteiger partial charge is 0.406 e. The summed E-state index contributed by atoms with van der Waals surface area (Å²) >= 11 is 0. The number of halogens is 4. The Morgan fingerprint density at radius 3 is 2.40 bits per heavy atom. The van der Waals surface area contributed by atoms with E-state index in [2.05, 4.69) is 4.74 Å². The number of rotatable bonds is 2. The van der Waals surface area contributed by atoms with Gasteiger partial charge in [0.25, 0.3) is 0 Å². The zero-order chi connectivity index (χ0) is 14.8. The Labute approximate surface area is 111 Å². The highest BCUT2D eigenvalue weighted by atomic mass is 19.4. The standard InChI is InChI=1S/C14H7F4NO/c15-13-6-9(8-19)4-5-12(13)10-2-1-3-11(7-10)20-14(16,17)18/h1-7H. The first kappa shape index (κ1) is 13.9. The summed E-state index contributed by atoms with van der Waals surface area (Å²) in [5, 5.41) is 8.63. The van der Waals surface area contributed by atoms with Crippen LogP contribution in [-0.2, 0) is 0 Å². The second-order valence-electron chi connectivity index (χ2n) is 3.88. The molecular weight excluding hydrogens is 274 g/mol. The molecule has 0 radical (unpaired) electrons. The van der Waals surface area contributed by atoms with E-state index < -0.39 is 17.9 Å². The quantitative estimate of drug-likeness (QED) is 0.770. The Hall–Kier alpha value is -2.55. The van der Waals surface area contributed by atoms with E-state index in [0.717, 1.165) is 18.2 Å². The molecule has 20 heavy (non-hydrogen) atoms. The number of benzene rings is 2. The zero-order valence-electron chi connectivity index (χ0n) is 9.91. The summed E-state index contributed by atoms with van der Waals surface area (Å²) in [4.78, 5) is 0. The topological polar surface area (TPSA) is 33.0 Å². The summed E-state index contributed by atoms with van der Waals surface area (Å²) < 4.78 is 53.9. The summed E-state index contributed by atoms with van der Waals surface area (Å²) in [6.45, 7) is 0. The molecule has 0 bridgehead atoms. The molecule has 2 rings (SSSR count). The van der Waals surface area contributed by atoms with Gasteiger partial charge >= 0.3 is 6.36 Å². The van der Waals surface area contributed by atoms with Gasteiger partial charge in [-0.15, -0.1) is 13.2 Å². The van der Waals surface area contributed by atoms with Crippen LogP contribution in [0.4, 0.5) is 17.6 Å². The number of nitrogens with zero attached hydrogens (tertiary/aromatic N) is 1. The molecule has 0 N–H and O–H groups in total. The van der Waals surface area contributed by atoms with Crippen LogP contribution < -0.4 is 4.74 Å². The van der Waals surface area contributed by atoms with Gasteiger partial charge in [-0.2, -0.15) is 5.26 Å². The Bertz CT molecular complexity index is 674. The monoisotopic (exact) mass is 281 g/mol. The van der Waals surface area contributed by atoms with Crippen LogP contribution >= 0.6 is 0 Å². The average Bonchev–Trinajstić information content (AvgIpc) is 2.36. The van der Waals surface area contributed by atoms with Crippen molar-refractivity contribution < 1.29 is 22.3 Å². The van der Waals surface area contributed by atoms with E-state index in [-0.39, 0.29) is 16.7 Å². The lowest BCUT2D eigenvalue weighted by atomic mass is 10.0. The maximum atomic E-state index is 13.8. The van der Waals surface area contributed by atoms with Gasteiger partial charge in [-0.1, -0.05) is 18.2 Å². The number of hydrogen-bond donors (Lipinski definition) is 0. The minimum Gasteiger partial charge on any atom is -0.406 e. The molecular formula is C14H7F4NO. The molecule has 0 aromatic heterocycles. The van der Waals surface area contributed by atoms with Gasteiger partial charge in [-0.05, 0) is 29.8 Å². The third-order valence-electron chi connectivity index (χ3n) is 2.48. The highest BCUT2D eigenvalue weighted by Gasteiger charge is 2.31. The van der Waals surface area contributed by atoms with Crippen LogP contribution in [0.2, 0.25) is 0 Å². The molecule has 0 unspecified atom stereocenters. The van der Waals surface area contributed by atoms with Crippen LogP contribution in [0, 0.1) is 17.1 Å². The lowest BCUT2D eigenvalue weighted by molar-refractivity contribution is -0.274. The van der Waals surface area contributed by atoms with E-state index in [1.807, 2.05) is 0 Å². The van der Waals surface area contributed by atoms with E-state index in [1.165, 1.54) is 24.3 Å². The van der Waals surface area contributed by atoms with Crippen LogP contribution in [0.1, 0.15) is 5.56 Å². The minimum absolute atomic E-state index is 0.0941. The molecule has 102 valence electrons. The van der Waals surface area contributed by atoms with Crippen molar-refractivity contribution in [2.75, 3.05) is 0 Å². The molecule has 0 fully saturated rings. The summed E-state index contributed by atoms with van der Waals surface area (Å²) in [5.41, 5.74) is 0.458. The van der Waals surface area contributed by atoms with Crippen molar-refractivity contribution in [3.05, 3.63) is 53.8 Å². The van der Waals surface area contributed by atoms with Crippen molar-refractivity contribution in [2.45, 2.75) is 6.36 Å². The number of nitriles is 1. The predicted octanol–water partition coefficient (Wildman–Crippen LogP) is 4.26. The number of hydrogen-bond acceptors (Lipinski definition) is 2. The fourth-order valence-corrected chi connectivity index (χ4v) is 1.68. The van der Waals surface area contributed by atoms with Crippen LogP contribution in [0.25, 0.3) is 11.1 Å². The number of ether oxygens (including phenoxy) is 1. The third kappa shape index (κ3) is 3.26. The molecule has 2 nitrogen and oxygen atoms in total. The van der Waals surface area contributed by atoms with Gasteiger partial charge < -0.3 is 4.74 Å². The van der Waals surface area contributed by atoms with E-state index in [1.54, 1.807) is 6.07 Å². The molecule has 0 saturated heterocycles. The average molecular weight is 281 g/mol. The summed E-state index contributed by atoms with van der Waals surface area (Å²) in [7, 11) is 0. The first-order chi connectivity index (χ1) is 9.39. The molecule has 2 aromatic carbocycles. The molecule has 0 spiro atoms. The van der Waals surface area contributed by atoms with Crippen molar-refractivity contribution in [3.8, 4) is 22.9 Å². The van der Waals surface area contributed by atoms with Gasteiger partial charge in [-0.3, -0.25) is 0 Å². The van der Waals surface area contributed by atoms with Gasteiger partial charge in [0.05, 0.1) is 11.6 Å². The van der Waals surface area contributed by atoms with Crippen molar-refractivity contribution in [2.24, 2.45) is 0 Å². The Balaban J connectivity index is 2.39. The van der Waals surface area contributed by atoms with Gasteiger partial charge in [-0.25, -0.2) is 4.39 Å². The summed E-state index contributed by atoms with van der Waals surface area (Å²) in [6.07, 6.45) is -4.80. The van der Waals surface area contributed by atoms with Crippen LogP contribution in [0.15, 0.2) is 42.5 Å². The predicted molar refractivity (Wildman–Crippen MR) is 63.2 cm³/mol. The van der Waals surface area contributed by atoms with E-state index in [4.69, 9.17) is 5.26 Å². The SMILES string of the molecule is N#Cc1ccc(-c2cccc(OC(F)(F)F)c2)c(F)c1. The Morgan fingerprint density at radius 1 is 1.05 bits per heavy atom. The normalized spacial score (nSPS) is 10.9. The fraction of sp³-hybridized carbons (Fsp3) is 0.0714. The van der Waals surface area contributed by atoms with Gasteiger partial charge in [0.1, 0.15) is 11.6 Å². The highest BCUT2D eigenvalue weighted by Crippen LogP contribution is 2.29. The van der Waals surface area contributed by atoms with E-state index in [0.29, 0.717) is 0 Å². The molecule has 0 aliphatic carbocycles.